The minimum atomic E-state index is -0.858. The number of halogens is 1. The second-order valence-corrected chi connectivity index (χ2v) is 8.75. The van der Waals surface area contributed by atoms with Gasteiger partial charge in [-0.05, 0) is 31.2 Å². The standard InChI is InChI=1S/C25H30FN5O6/c1-3-36-24(34)23(33)29-12-10-28(11-13-29)22-6-4-5-9-30(22)21-8-7-18(14-20(21)26)31-16-19(37-25(31)35)15-27-17(2)32/h4-8,14,19H,3,9-13,15-16H2,1-2H3,(H,27,32)/t19-/m0/s1. The van der Waals surface area contributed by atoms with Gasteiger partial charge in [-0.3, -0.25) is 14.5 Å². The quantitative estimate of drug-likeness (QED) is 0.445. The maximum atomic E-state index is 15.4. The molecule has 3 aliphatic heterocycles. The van der Waals surface area contributed by atoms with Gasteiger partial charge in [0.1, 0.15) is 17.7 Å². The van der Waals surface area contributed by atoms with Gasteiger partial charge in [0, 0.05) is 39.6 Å². The van der Waals surface area contributed by atoms with Crippen molar-refractivity contribution in [1.82, 2.24) is 15.1 Å². The summed E-state index contributed by atoms with van der Waals surface area (Å²) in [5, 5.41) is 2.61. The summed E-state index contributed by atoms with van der Waals surface area (Å²) in [5.74, 6) is -1.47. The Morgan fingerprint density at radius 1 is 1.16 bits per heavy atom. The van der Waals surface area contributed by atoms with Gasteiger partial charge in [0.05, 0.1) is 31.1 Å². The number of nitrogens with zero attached hydrogens (tertiary/aromatic N) is 4. The lowest BCUT2D eigenvalue weighted by atomic mass is 10.2. The Bertz CT molecular complexity index is 1130. The topological polar surface area (TPSA) is 112 Å². The molecule has 0 bridgehead atoms. The van der Waals surface area contributed by atoms with E-state index in [0.29, 0.717) is 44.1 Å². The van der Waals surface area contributed by atoms with Gasteiger partial charge in [0.15, 0.2) is 0 Å². The Morgan fingerprint density at radius 2 is 1.92 bits per heavy atom. The summed E-state index contributed by atoms with van der Waals surface area (Å²) < 4.78 is 25.5. The number of carbonyl (C=O) groups is 4. The monoisotopic (exact) mass is 515 g/mol. The molecule has 0 aromatic heterocycles. The molecule has 2 fully saturated rings. The Morgan fingerprint density at radius 3 is 2.59 bits per heavy atom. The van der Waals surface area contributed by atoms with Gasteiger partial charge in [-0.15, -0.1) is 0 Å². The molecule has 1 aromatic carbocycles. The van der Waals surface area contributed by atoms with E-state index in [1.165, 1.54) is 22.8 Å². The number of esters is 1. The molecule has 3 aliphatic rings. The molecule has 0 aliphatic carbocycles. The minimum Gasteiger partial charge on any atom is -0.459 e. The molecule has 11 nitrogen and oxygen atoms in total. The number of nitrogens with one attached hydrogen (secondary N) is 1. The molecule has 12 heteroatoms. The molecule has 1 atom stereocenters. The zero-order chi connectivity index (χ0) is 26.5. The molecule has 4 rings (SSSR count). The maximum Gasteiger partial charge on any atom is 0.414 e. The Labute approximate surface area is 214 Å². The first-order chi connectivity index (χ1) is 17.8. The van der Waals surface area contributed by atoms with Crippen molar-refractivity contribution in [2.45, 2.75) is 20.0 Å². The number of hydrogen-bond donors (Lipinski definition) is 1. The van der Waals surface area contributed by atoms with Crippen molar-refractivity contribution >= 4 is 35.3 Å². The van der Waals surface area contributed by atoms with Gasteiger partial charge in [0.25, 0.3) is 0 Å². The fraction of sp³-hybridized carbons (Fsp3) is 0.440. The van der Waals surface area contributed by atoms with E-state index in [0.717, 1.165) is 5.82 Å². The van der Waals surface area contributed by atoms with Crippen LogP contribution in [0.4, 0.5) is 20.6 Å². The van der Waals surface area contributed by atoms with Gasteiger partial charge in [-0.1, -0.05) is 12.2 Å². The lowest BCUT2D eigenvalue weighted by molar-refractivity contribution is -0.160. The van der Waals surface area contributed by atoms with Crippen molar-refractivity contribution in [2.24, 2.45) is 0 Å². The van der Waals surface area contributed by atoms with E-state index in [1.54, 1.807) is 19.1 Å². The van der Waals surface area contributed by atoms with Crippen molar-refractivity contribution in [3.8, 4) is 0 Å². The van der Waals surface area contributed by atoms with Crippen LogP contribution in [0.2, 0.25) is 0 Å². The van der Waals surface area contributed by atoms with Crippen LogP contribution in [-0.2, 0) is 23.9 Å². The normalized spacial score (nSPS) is 19.5. The van der Waals surface area contributed by atoms with Crippen LogP contribution in [0, 0.1) is 5.82 Å². The van der Waals surface area contributed by atoms with Gasteiger partial charge in [-0.25, -0.2) is 14.0 Å². The molecule has 1 N–H and O–H groups in total. The van der Waals surface area contributed by atoms with Crippen LogP contribution >= 0.6 is 0 Å². The Balaban J connectivity index is 1.43. The predicted molar refractivity (Wildman–Crippen MR) is 132 cm³/mol. The number of anilines is 2. The molecular formula is C25H30FN5O6. The van der Waals surface area contributed by atoms with Crippen molar-refractivity contribution in [3.63, 3.8) is 0 Å². The molecule has 0 unspecified atom stereocenters. The summed E-state index contributed by atoms with van der Waals surface area (Å²) in [7, 11) is 0. The van der Waals surface area contributed by atoms with Gasteiger partial charge in [-0.2, -0.15) is 0 Å². The third kappa shape index (κ3) is 5.84. The average molecular weight is 516 g/mol. The average Bonchev–Trinajstić information content (AvgIpc) is 3.27. The molecule has 0 saturated carbocycles. The predicted octanol–water partition coefficient (Wildman–Crippen LogP) is 1.21. The highest BCUT2D eigenvalue weighted by atomic mass is 19.1. The van der Waals surface area contributed by atoms with Gasteiger partial charge < -0.3 is 29.5 Å². The Kier molecular flexibility index (Phi) is 7.95. The highest BCUT2D eigenvalue weighted by Crippen LogP contribution is 2.31. The first-order valence-corrected chi connectivity index (χ1v) is 12.2. The third-order valence-corrected chi connectivity index (χ3v) is 6.27. The van der Waals surface area contributed by atoms with Crippen LogP contribution < -0.4 is 15.1 Å². The maximum absolute atomic E-state index is 15.4. The van der Waals surface area contributed by atoms with Crippen molar-refractivity contribution < 1.29 is 33.0 Å². The van der Waals surface area contributed by atoms with E-state index in [1.807, 2.05) is 28.0 Å². The molecule has 1 aromatic rings. The fourth-order valence-electron chi connectivity index (χ4n) is 4.44. The largest absolute Gasteiger partial charge is 0.459 e. The summed E-state index contributed by atoms with van der Waals surface area (Å²) >= 11 is 0. The van der Waals surface area contributed by atoms with Crippen LogP contribution in [0.1, 0.15) is 13.8 Å². The van der Waals surface area contributed by atoms with Crippen LogP contribution in [-0.4, -0.2) is 92.2 Å². The summed E-state index contributed by atoms with van der Waals surface area (Å²) in [6, 6.07) is 4.57. The first-order valence-electron chi connectivity index (χ1n) is 12.2. The fourth-order valence-corrected chi connectivity index (χ4v) is 4.44. The number of amides is 3. The number of hydrogen-bond acceptors (Lipinski definition) is 8. The molecule has 0 spiro atoms. The molecule has 37 heavy (non-hydrogen) atoms. The van der Waals surface area contributed by atoms with Crippen LogP contribution in [0.25, 0.3) is 0 Å². The van der Waals surface area contributed by atoms with E-state index >= 15 is 4.39 Å². The van der Waals surface area contributed by atoms with Crippen molar-refractivity contribution in [3.05, 3.63) is 48.1 Å². The zero-order valence-corrected chi connectivity index (χ0v) is 20.8. The molecule has 2 saturated heterocycles. The van der Waals surface area contributed by atoms with E-state index in [2.05, 4.69) is 5.32 Å². The smallest absolute Gasteiger partial charge is 0.414 e. The lowest BCUT2D eigenvalue weighted by Gasteiger charge is -2.41. The van der Waals surface area contributed by atoms with Gasteiger partial charge >= 0.3 is 18.0 Å². The minimum absolute atomic E-state index is 0.139. The second-order valence-electron chi connectivity index (χ2n) is 8.75. The summed E-state index contributed by atoms with van der Waals surface area (Å²) in [6.45, 7) is 5.60. The number of ether oxygens (including phenoxy) is 2. The van der Waals surface area contributed by atoms with E-state index in [9.17, 15) is 19.2 Å². The highest BCUT2D eigenvalue weighted by Gasteiger charge is 2.34. The first kappa shape index (κ1) is 26.0. The molecule has 3 heterocycles. The number of piperazine rings is 1. The molecular weight excluding hydrogens is 485 g/mol. The lowest BCUT2D eigenvalue weighted by Crippen LogP contribution is -2.52. The van der Waals surface area contributed by atoms with Crippen LogP contribution in [0.3, 0.4) is 0 Å². The second kappa shape index (κ2) is 11.3. The number of carbonyl (C=O) groups excluding carboxylic acids is 4. The van der Waals surface area contributed by atoms with E-state index < -0.39 is 29.9 Å². The third-order valence-electron chi connectivity index (χ3n) is 6.27. The molecule has 198 valence electrons. The zero-order valence-electron chi connectivity index (χ0n) is 20.8. The van der Waals surface area contributed by atoms with Crippen LogP contribution in [0.5, 0.6) is 0 Å². The van der Waals surface area contributed by atoms with Gasteiger partial charge in [0.2, 0.25) is 5.91 Å². The summed E-state index contributed by atoms with van der Waals surface area (Å²) in [4.78, 5) is 54.1. The van der Waals surface area contributed by atoms with Crippen molar-refractivity contribution in [1.29, 1.82) is 0 Å². The molecule has 0 radical (unpaired) electrons. The number of allylic oxidation sites excluding steroid dienone is 2. The van der Waals surface area contributed by atoms with Crippen LogP contribution in [0.15, 0.2) is 42.2 Å². The van der Waals surface area contributed by atoms with E-state index in [-0.39, 0.29) is 25.6 Å². The summed E-state index contributed by atoms with van der Waals surface area (Å²) in [6.07, 6.45) is 4.56. The number of rotatable bonds is 6. The van der Waals surface area contributed by atoms with Crippen molar-refractivity contribution in [2.75, 3.05) is 62.2 Å². The van der Waals surface area contributed by atoms with E-state index in [4.69, 9.17) is 9.47 Å². The SMILES string of the molecule is CCOC(=O)C(=O)N1CCN(C2=CC=CCN2c2ccc(N3C[C@H](CNC(C)=O)OC3=O)cc2F)CC1. The highest BCUT2D eigenvalue weighted by molar-refractivity contribution is 6.32. The summed E-state index contributed by atoms with van der Waals surface area (Å²) in [5.41, 5.74) is 0.701. The number of benzene rings is 1. The number of cyclic esters (lactones) is 1. The Hall–Kier alpha value is -4.09. The molecule has 3 amide bonds.